The van der Waals surface area contributed by atoms with Crippen molar-refractivity contribution in [3.8, 4) is 16.7 Å². The minimum absolute atomic E-state index is 0.139. The van der Waals surface area contributed by atoms with Gasteiger partial charge in [-0.2, -0.15) is 9.36 Å². The topological polar surface area (TPSA) is 73.3 Å². The standard InChI is InChI=1S/C21H23N3O3S/c1-14(2)13-22-20(25)16-9-10-17(18(12-16)26-3)27-21-23-19(24-28-21)11-15-7-5-4-6-8-15/h4-10,12,14H,11,13H2,1-3H3,(H,22,25). The van der Waals surface area contributed by atoms with Crippen LogP contribution in [0.2, 0.25) is 0 Å². The van der Waals surface area contributed by atoms with Crippen LogP contribution in [0.15, 0.2) is 48.5 Å². The number of ether oxygens (including phenoxy) is 2. The average molecular weight is 398 g/mol. The maximum atomic E-state index is 12.2. The molecule has 1 aromatic heterocycles. The van der Waals surface area contributed by atoms with E-state index in [0.29, 0.717) is 47.0 Å². The van der Waals surface area contributed by atoms with Crippen molar-refractivity contribution in [3.05, 3.63) is 65.5 Å². The number of hydrogen-bond donors (Lipinski definition) is 1. The predicted octanol–water partition coefficient (Wildman–Crippen LogP) is 4.32. The Labute approximate surface area is 168 Å². The van der Waals surface area contributed by atoms with E-state index in [1.165, 1.54) is 11.5 Å². The van der Waals surface area contributed by atoms with Crippen LogP contribution >= 0.6 is 11.5 Å². The molecule has 2 aromatic carbocycles. The van der Waals surface area contributed by atoms with Crippen molar-refractivity contribution in [2.24, 2.45) is 5.92 Å². The van der Waals surface area contributed by atoms with Crippen LogP contribution in [0.3, 0.4) is 0 Å². The molecule has 0 unspecified atom stereocenters. The van der Waals surface area contributed by atoms with E-state index in [-0.39, 0.29) is 5.91 Å². The van der Waals surface area contributed by atoms with Crippen LogP contribution in [-0.2, 0) is 6.42 Å². The van der Waals surface area contributed by atoms with Gasteiger partial charge in [0, 0.05) is 30.1 Å². The molecule has 1 N–H and O–H groups in total. The summed E-state index contributed by atoms with van der Waals surface area (Å²) in [6, 6.07) is 15.1. The van der Waals surface area contributed by atoms with Gasteiger partial charge in [-0.25, -0.2) is 0 Å². The lowest BCUT2D eigenvalue weighted by molar-refractivity contribution is 0.0948. The first-order valence-electron chi connectivity index (χ1n) is 9.05. The third-order valence-electron chi connectivity index (χ3n) is 3.95. The van der Waals surface area contributed by atoms with Crippen molar-refractivity contribution in [3.63, 3.8) is 0 Å². The normalized spacial score (nSPS) is 10.7. The zero-order chi connectivity index (χ0) is 19.9. The maximum Gasteiger partial charge on any atom is 0.298 e. The Hall–Kier alpha value is -2.93. The largest absolute Gasteiger partial charge is 0.493 e. The molecule has 1 heterocycles. The molecule has 0 aliphatic heterocycles. The van der Waals surface area contributed by atoms with Crippen LogP contribution in [0.5, 0.6) is 16.7 Å². The molecule has 0 aliphatic rings. The fourth-order valence-corrected chi connectivity index (χ4v) is 3.08. The Morgan fingerprint density at radius 3 is 2.64 bits per heavy atom. The molecule has 0 bridgehead atoms. The molecule has 0 fully saturated rings. The van der Waals surface area contributed by atoms with Gasteiger partial charge >= 0.3 is 0 Å². The number of hydrogen-bond acceptors (Lipinski definition) is 6. The number of benzene rings is 2. The molecule has 1 amide bonds. The highest BCUT2D eigenvalue weighted by Crippen LogP contribution is 2.33. The molecule has 3 rings (SSSR count). The summed E-state index contributed by atoms with van der Waals surface area (Å²) in [4.78, 5) is 16.7. The average Bonchev–Trinajstić information content (AvgIpc) is 3.14. The van der Waals surface area contributed by atoms with Gasteiger partial charge in [0.2, 0.25) is 0 Å². The summed E-state index contributed by atoms with van der Waals surface area (Å²) in [5.41, 5.74) is 1.66. The second kappa shape index (κ2) is 9.32. The Kier molecular flexibility index (Phi) is 6.60. The number of nitrogens with zero attached hydrogens (tertiary/aromatic N) is 2. The van der Waals surface area contributed by atoms with Crippen LogP contribution in [0.1, 0.15) is 35.6 Å². The Balaban J connectivity index is 1.69. The van der Waals surface area contributed by atoms with E-state index in [9.17, 15) is 4.79 Å². The van der Waals surface area contributed by atoms with Gasteiger partial charge in [0.25, 0.3) is 11.1 Å². The third-order valence-corrected chi connectivity index (χ3v) is 4.58. The van der Waals surface area contributed by atoms with E-state index in [0.717, 1.165) is 5.56 Å². The number of amides is 1. The molecule has 3 aromatic rings. The van der Waals surface area contributed by atoms with Gasteiger partial charge in [0.15, 0.2) is 17.3 Å². The number of carbonyl (C=O) groups is 1. The van der Waals surface area contributed by atoms with E-state index in [2.05, 4.69) is 14.7 Å². The maximum absolute atomic E-state index is 12.2. The molecule has 0 radical (unpaired) electrons. The van der Waals surface area contributed by atoms with Crippen LogP contribution < -0.4 is 14.8 Å². The monoisotopic (exact) mass is 397 g/mol. The fourth-order valence-electron chi connectivity index (χ4n) is 2.52. The van der Waals surface area contributed by atoms with E-state index in [1.54, 1.807) is 25.3 Å². The molecular formula is C21H23N3O3S. The van der Waals surface area contributed by atoms with Gasteiger partial charge in [0.1, 0.15) is 0 Å². The summed E-state index contributed by atoms with van der Waals surface area (Å²) in [5.74, 6) is 1.91. The summed E-state index contributed by atoms with van der Waals surface area (Å²) in [6.45, 7) is 4.71. The Bertz CT molecular complexity index is 926. The van der Waals surface area contributed by atoms with Crippen molar-refractivity contribution in [1.82, 2.24) is 14.7 Å². The zero-order valence-corrected chi connectivity index (χ0v) is 17.0. The molecule has 7 heteroatoms. The summed E-state index contributed by atoms with van der Waals surface area (Å²) in [7, 11) is 1.54. The van der Waals surface area contributed by atoms with Crippen molar-refractivity contribution in [2.45, 2.75) is 20.3 Å². The van der Waals surface area contributed by atoms with Crippen LogP contribution in [0.25, 0.3) is 0 Å². The smallest absolute Gasteiger partial charge is 0.298 e. The highest BCUT2D eigenvalue weighted by atomic mass is 32.1. The number of nitrogens with one attached hydrogen (secondary N) is 1. The van der Waals surface area contributed by atoms with Crippen LogP contribution in [0, 0.1) is 5.92 Å². The number of aromatic nitrogens is 2. The number of carbonyl (C=O) groups excluding carboxylic acids is 1. The quantitative estimate of drug-likeness (QED) is 0.613. The summed E-state index contributed by atoms with van der Waals surface area (Å²) < 4.78 is 15.6. The molecular weight excluding hydrogens is 374 g/mol. The highest BCUT2D eigenvalue weighted by Gasteiger charge is 2.14. The molecule has 28 heavy (non-hydrogen) atoms. The van der Waals surface area contributed by atoms with Gasteiger partial charge in [-0.1, -0.05) is 44.2 Å². The minimum Gasteiger partial charge on any atom is -0.493 e. The molecule has 146 valence electrons. The van der Waals surface area contributed by atoms with E-state index >= 15 is 0 Å². The van der Waals surface area contributed by atoms with Crippen molar-refractivity contribution in [1.29, 1.82) is 0 Å². The molecule has 0 aliphatic carbocycles. The summed E-state index contributed by atoms with van der Waals surface area (Å²) >= 11 is 1.19. The molecule has 6 nitrogen and oxygen atoms in total. The second-order valence-corrected chi connectivity index (χ2v) is 7.42. The van der Waals surface area contributed by atoms with E-state index in [4.69, 9.17) is 9.47 Å². The van der Waals surface area contributed by atoms with E-state index < -0.39 is 0 Å². The fraction of sp³-hybridized carbons (Fsp3) is 0.286. The SMILES string of the molecule is COc1cc(C(=O)NCC(C)C)ccc1Oc1nc(Cc2ccccc2)ns1. The summed E-state index contributed by atoms with van der Waals surface area (Å²) in [6.07, 6.45) is 0.646. The summed E-state index contributed by atoms with van der Waals surface area (Å²) in [5, 5.41) is 3.32. The Morgan fingerprint density at radius 1 is 1.14 bits per heavy atom. The predicted molar refractivity (Wildman–Crippen MR) is 109 cm³/mol. The molecule has 0 atom stereocenters. The van der Waals surface area contributed by atoms with Gasteiger partial charge in [-0.05, 0) is 29.7 Å². The van der Waals surface area contributed by atoms with Crippen LogP contribution in [0.4, 0.5) is 0 Å². The first kappa shape index (κ1) is 19.8. The molecule has 0 saturated carbocycles. The van der Waals surface area contributed by atoms with Gasteiger partial charge in [-0.15, -0.1) is 0 Å². The third kappa shape index (κ3) is 5.29. The molecule has 0 saturated heterocycles. The van der Waals surface area contributed by atoms with Gasteiger partial charge in [-0.3, -0.25) is 4.79 Å². The zero-order valence-electron chi connectivity index (χ0n) is 16.1. The first-order chi connectivity index (χ1) is 13.5. The van der Waals surface area contributed by atoms with E-state index in [1.807, 2.05) is 44.2 Å². The van der Waals surface area contributed by atoms with Crippen molar-refractivity contribution < 1.29 is 14.3 Å². The van der Waals surface area contributed by atoms with Crippen LogP contribution in [-0.4, -0.2) is 28.9 Å². The lowest BCUT2D eigenvalue weighted by atomic mass is 10.1. The lowest BCUT2D eigenvalue weighted by Gasteiger charge is -2.11. The van der Waals surface area contributed by atoms with Gasteiger partial charge in [0.05, 0.1) is 7.11 Å². The minimum atomic E-state index is -0.139. The lowest BCUT2D eigenvalue weighted by Crippen LogP contribution is -2.27. The molecule has 0 spiro atoms. The number of rotatable bonds is 8. The highest BCUT2D eigenvalue weighted by molar-refractivity contribution is 7.07. The number of methoxy groups -OCH3 is 1. The second-order valence-electron chi connectivity index (χ2n) is 6.71. The first-order valence-corrected chi connectivity index (χ1v) is 9.83. The van der Waals surface area contributed by atoms with Gasteiger partial charge < -0.3 is 14.8 Å². The Morgan fingerprint density at radius 2 is 1.93 bits per heavy atom. The van der Waals surface area contributed by atoms with Crippen molar-refractivity contribution >= 4 is 17.4 Å². The van der Waals surface area contributed by atoms with Crippen molar-refractivity contribution in [2.75, 3.05) is 13.7 Å².